The molecule has 2 aromatic heterocycles. The molecule has 0 unspecified atom stereocenters. The van der Waals surface area contributed by atoms with Crippen LogP contribution in [0.4, 0.5) is 18.9 Å². The van der Waals surface area contributed by atoms with Crippen molar-refractivity contribution < 1.29 is 18.0 Å². The number of thiophene rings is 1. The van der Waals surface area contributed by atoms with Crippen LogP contribution < -0.4 is 10.9 Å². The highest BCUT2D eigenvalue weighted by Gasteiger charge is 2.16. The Bertz CT molecular complexity index is 1080. The summed E-state index contributed by atoms with van der Waals surface area (Å²) in [5.74, 6) is -5.10. The van der Waals surface area contributed by atoms with Crippen molar-refractivity contribution in [2.75, 3.05) is 5.32 Å². The van der Waals surface area contributed by atoms with Crippen LogP contribution >= 0.6 is 11.3 Å². The van der Waals surface area contributed by atoms with E-state index in [9.17, 15) is 22.8 Å². The number of aromatic nitrogens is 2. The molecular weight excluding hydrogens is 367 g/mol. The van der Waals surface area contributed by atoms with Crippen LogP contribution in [-0.2, 0) is 11.3 Å². The Balaban J connectivity index is 1.75. The zero-order chi connectivity index (χ0) is 19.0. The normalized spacial score (nSPS) is 11.1. The Morgan fingerprint density at radius 2 is 1.96 bits per heavy atom. The fourth-order valence-corrected chi connectivity index (χ4v) is 3.47. The Morgan fingerprint density at radius 1 is 1.23 bits per heavy atom. The number of carbonyl (C=O) groups excluding carboxylic acids is 1. The maximum atomic E-state index is 13.6. The number of hydrogen-bond donors (Lipinski definition) is 1. The molecule has 5 nitrogen and oxygen atoms in total. The van der Waals surface area contributed by atoms with Crippen LogP contribution in [0.3, 0.4) is 0 Å². The van der Waals surface area contributed by atoms with E-state index in [-0.39, 0.29) is 18.5 Å². The van der Waals surface area contributed by atoms with Gasteiger partial charge in [-0.2, -0.15) is 0 Å². The van der Waals surface area contributed by atoms with E-state index >= 15 is 0 Å². The quantitative estimate of drug-likeness (QED) is 0.704. The van der Waals surface area contributed by atoms with Gasteiger partial charge in [0.1, 0.15) is 4.83 Å². The summed E-state index contributed by atoms with van der Waals surface area (Å²) in [4.78, 5) is 30.3. The first-order valence-electron chi connectivity index (χ1n) is 7.68. The lowest BCUT2D eigenvalue weighted by molar-refractivity contribution is -0.116. The molecule has 9 heteroatoms. The number of hydrogen-bond acceptors (Lipinski definition) is 4. The molecule has 0 atom stereocenters. The lowest BCUT2D eigenvalue weighted by Gasteiger charge is -2.08. The highest BCUT2D eigenvalue weighted by Crippen LogP contribution is 2.25. The first-order valence-corrected chi connectivity index (χ1v) is 8.49. The van der Waals surface area contributed by atoms with Crippen LogP contribution in [0.2, 0.25) is 0 Å². The summed E-state index contributed by atoms with van der Waals surface area (Å²) in [6, 6.07) is 1.65. The fraction of sp³-hybridized carbons (Fsp3) is 0.235. The standard InChI is InChI=1S/C17H14F3N3O2S/c1-8-9(2)26-16-13(8)17(25)23(7-21-16)6-5-12(24)22-11-4-3-10(18)14(19)15(11)20/h3-4,7H,5-6H2,1-2H3,(H,22,24). The summed E-state index contributed by atoms with van der Waals surface area (Å²) in [5, 5.41) is 2.68. The minimum absolute atomic E-state index is 0.0211. The average molecular weight is 381 g/mol. The van der Waals surface area contributed by atoms with E-state index in [0.717, 1.165) is 22.6 Å². The Labute approximate surface area is 150 Å². The zero-order valence-electron chi connectivity index (χ0n) is 13.9. The fourth-order valence-electron chi connectivity index (χ4n) is 2.49. The van der Waals surface area contributed by atoms with Gasteiger partial charge in [0, 0.05) is 17.8 Å². The number of nitrogens with zero attached hydrogens (tertiary/aromatic N) is 2. The van der Waals surface area contributed by atoms with Crippen molar-refractivity contribution in [3.63, 3.8) is 0 Å². The van der Waals surface area contributed by atoms with Gasteiger partial charge in [0.25, 0.3) is 5.56 Å². The minimum atomic E-state index is -1.66. The van der Waals surface area contributed by atoms with E-state index in [1.165, 1.54) is 22.2 Å². The number of carbonyl (C=O) groups is 1. The number of rotatable bonds is 4. The molecular formula is C17H14F3N3O2S. The molecule has 1 amide bonds. The number of benzene rings is 1. The molecule has 0 fully saturated rings. The molecule has 3 aromatic rings. The molecule has 0 bridgehead atoms. The van der Waals surface area contributed by atoms with Gasteiger partial charge in [-0.05, 0) is 31.5 Å². The summed E-state index contributed by atoms with van der Waals surface area (Å²) >= 11 is 1.42. The van der Waals surface area contributed by atoms with Gasteiger partial charge < -0.3 is 5.32 Å². The van der Waals surface area contributed by atoms with Gasteiger partial charge in [-0.3, -0.25) is 14.2 Å². The predicted molar refractivity (Wildman–Crippen MR) is 92.9 cm³/mol. The predicted octanol–water partition coefficient (Wildman–Crippen LogP) is 3.52. The van der Waals surface area contributed by atoms with Gasteiger partial charge in [0.15, 0.2) is 17.5 Å². The number of fused-ring (bicyclic) bond motifs is 1. The van der Waals surface area contributed by atoms with Gasteiger partial charge in [0.2, 0.25) is 5.91 Å². The van der Waals surface area contributed by atoms with Crippen LogP contribution in [0.5, 0.6) is 0 Å². The van der Waals surface area contributed by atoms with Gasteiger partial charge in [0.05, 0.1) is 17.4 Å². The molecule has 0 aliphatic rings. The van der Waals surface area contributed by atoms with Crippen molar-refractivity contribution >= 4 is 33.1 Å². The second-order valence-electron chi connectivity index (χ2n) is 5.73. The number of amides is 1. The van der Waals surface area contributed by atoms with Gasteiger partial charge in [-0.25, -0.2) is 18.2 Å². The first-order chi connectivity index (χ1) is 12.3. The second kappa shape index (κ2) is 6.91. The SMILES string of the molecule is Cc1sc2ncn(CCC(=O)Nc3ccc(F)c(F)c3F)c(=O)c2c1C. The molecule has 3 rings (SSSR count). The number of nitrogens with one attached hydrogen (secondary N) is 1. The molecule has 0 spiro atoms. The Morgan fingerprint density at radius 3 is 2.69 bits per heavy atom. The van der Waals surface area contributed by atoms with Crippen LogP contribution in [0.25, 0.3) is 10.2 Å². The molecule has 1 aromatic carbocycles. The summed E-state index contributed by atoms with van der Waals surface area (Å²) < 4.78 is 41.0. The summed E-state index contributed by atoms with van der Waals surface area (Å²) in [5.41, 5.74) is 0.132. The smallest absolute Gasteiger partial charge is 0.262 e. The number of halogens is 3. The van der Waals surface area contributed by atoms with Crippen molar-refractivity contribution in [1.29, 1.82) is 0 Å². The van der Waals surface area contributed by atoms with Crippen LogP contribution in [0.1, 0.15) is 16.9 Å². The second-order valence-corrected chi connectivity index (χ2v) is 6.93. The van der Waals surface area contributed by atoms with E-state index in [2.05, 4.69) is 10.3 Å². The molecule has 136 valence electrons. The minimum Gasteiger partial charge on any atom is -0.323 e. The van der Waals surface area contributed by atoms with Gasteiger partial charge in [-0.1, -0.05) is 0 Å². The molecule has 1 N–H and O–H groups in total. The van der Waals surface area contributed by atoms with E-state index in [1.807, 2.05) is 13.8 Å². The van der Waals surface area contributed by atoms with Crippen LogP contribution in [0, 0.1) is 31.3 Å². The molecule has 2 heterocycles. The van der Waals surface area contributed by atoms with E-state index in [0.29, 0.717) is 10.2 Å². The third kappa shape index (κ3) is 3.22. The maximum absolute atomic E-state index is 13.6. The van der Waals surface area contributed by atoms with Gasteiger partial charge in [-0.15, -0.1) is 11.3 Å². The van der Waals surface area contributed by atoms with E-state index < -0.39 is 29.0 Å². The van der Waals surface area contributed by atoms with E-state index in [4.69, 9.17) is 0 Å². The summed E-state index contributed by atoms with van der Waals surface area (Å²) in [6.45, 7) is 3.75. The molecule has 0 saturated carbocycles. The molecule has 0 radical (unpaired) electrons. The summed E-state index contributed by atoms with van der Waals surface area (Å²) in [7, 11) is 0. The summed E-state index contributed by atoms with van der Waals surface area (Å²) in [6.07, 6.45) is 1.19. The number of aryl methyl sites for hydroxylation is 3. The topological polar surface area (TPSA) is 64.0 Å². The third-order valence-electron chi connectivity index (χ3n) is 4.04. The number of anilines is 1. The van der Waals surface area contributed by atoms with Crippen molar-refractivity contribution in [3.8, 4) is 0 Å². The highest BCUT2D eigenvalue weighted by atomic mass is 32.1. The van der Waals surface area contributed by atoms with E-state index in [1.54, 1.807) is 0 Å². The molecule has 26 heavy (non-hydrogen) atoms. The van der Waals surface area contributed by atoms with Gasteiger partial charge >= 0.3 is 0 Å². The maximum Gasteiger partial charge on any atom is 0.262 e. The lowest BCUT2D eigenvalue weighted by Crippen LogP contribution is -2.24. The Hall–Kier alpha value is -2.68. The van der Waals surface area contributed by atoms with Crippen molar-refractivity contribution in [3.05, 3.63) is 56.7 Å². The Kier molecular flexibility index (Phi) is 4.82. The molecule has 0 aliphatic heterocycles. The van der Waals surface area contributed by atoms with Crippen molar-refractivity contribution in [2.24, 2.45) is 0 Å². The highest BCUT2D eigenvalue weighted by molar-refractivity contribution is 7.18. The monoisotopic (exact) mass is 381 g/mol. The van der Waals surface area contributed by atoms with Crippen molar-refractivity contribution in [1.82, 2.24) is 9.55 Å². The molecule has 0 aliphatic carbocycles. The third-order valence-corrected chi connectivity index (χ3v) is 5.16. The van der Waals surface area contributed by atoms with Crippen LogP contribution in [0.15, 0.2) is 23.3 Å². The molecule has 0 saturated heterocycles. The van der Waals surface area contributed by atoms with Crippen LogP contribution in [-0.4, -0.2) is 15.5 Å². The first kappa shape index (κ1) is 18.1. The zero-order valence-corrected chi connectivity index (χ0v) is 14.7. The largest absolute Gasteiger partial charge is 0.323 e. The van der Waals surface area contributed by atoms with Crippen molar-refractivity contribution in [2.45, 2.75) is 26.8 Å². The average Bonchev–Trinajstić information content (AvgIpc) is 2.90. The lowest BCUT2D eigenvalue weighted by atomic mass is 10.2.